The van der Waals surface area contributed by atoms with Gasteiger partial charge in [-0.3, -0.25) is 4.79 Å². The Balaban J connectivity index is 1.70. The van der Waals surface area contributed by atoms with E-state index in [1.807, 2.05) is 24.3 Å². The molecule has 0 aromatic heterocycles. The molecule has 7 heteroatoms. The number of amides is 1. The third-order valence-corrected chi connectivity index (χ3v) is 9.13. The van der Waals surface area contributed by atoms with Crippen LogP contribution in [0.25, 0.3) is 0 Å². The van der Waals surface area contributed by atoms with Gasteiger partial charge in [-0.2, -0.15) is 4.31 Å². The number of hydrogen-bond acceptors (Lipinski definition) is 4. The highest BCUT2D eigenvalue weighted by atomic mass is 32.2. The monoisotopic (exact) mass is 444 g/mol. The number of carbonyl (C=O) groups is 1. The van der Waals surface area contributed by atoms with Gasteiger partial charge < -0.3 is 4.90 Å². The van der Waals surface area contributed by atoms with Crippen LogP contribution in [0.15, 0.2) is 52.3 Å². The van der Waals surface area contributed by atoms with Gasteiger partial charge in [-0.1, -0.05) is 31.5 Å². The number of carbonyl (C=O) groups excluding carboxylic acids is 1. The van der Waals surface area contributed by atoms with Crippen LogP contribution in [0.3, 0.4) is 0 Å². The molecule has 160 valence electrons. The lowest BCUT2D eigenvalue weighted by Crippen LogP contribution is -2.36. The molecule has 2 aromatic rings. The second kappa shape index (κ2) is 8.73. The van der Waals surface area contributed by atoms with Crippen LogP contribution in [0.4, 0.5) is 5.69 Å². The molecule has 0 saturated carbocycles. The highest BCUT2D eigenvalue weighted by Gasteiger charge is 2.30. The van der Waals surface area contributed by atoms with E-state index in [-0.39, 0.29) is 10.8 Å². The van der Waals surface area contributed by atoms with Crippen molar-refractivity contribution in [3.05, 3.63) is 53.6 Å². The number of hydrogen-bond donors (Lipinski definition) is 0. The highest BCUT2D eigenvalue weighted by molar-refractivity contribution is 8.00. The summed E-state index contributed by atoms with van der Waals surface area (Å²) in [5.41, 5.74) is 2.00. The lowest BCUT2D eigenvalue weighted by Gasteiger charge is -2.27. The molecule has 1 fully saturated rings. The van der Waals surface area contributed by atoms with Gasteiger partial charge in [0.25, 0.3) is 5.91 Å². The van der Waals surface area contributed by atoms with Crippen molar-refractivity contribution in [2.75, 3.05) is 24.5 Å². The van der Waals surface area contributed by atoms with Gasteiger partial charge in [0.2, 0.25) is 10.0 Å². The third kappa shape index (κ3) is 4.15. The molecular weight excluding hydrogens is 416 g/mol. The number of para-hydroxylation sites is 1. The van der Waals surface area contributed by atoms with Crippen LogP contribution in [0.2, 0.25) is 0 Å². The lowest BCUT2D eigenvalue weighted by atomic mass is 10.1. The summed E-state index contributed by atoms with van der Waals surface area (Å²) in [7, 11) is -3.60. The maximum Gasteiger partial charge on any atom is 0.258 e. The van der Waals surface area contributed by atoms with Gasteiger partial charge >= 0.3 is 0 Å². The zero-order valence-corrected chi connectivity index (χ0v) is 19.1. The molecule has 5 nitrogen and oxygen atoms in total. The number of benzene rings is 2. The zero-order valence-electron chi connectivity index (χ0n) is 17.5. The standard InChI is InChI=1S/C23H28N2O3S2/c1-17-10-11-19(16-22(17)30(27,28)24-13-6-3-7-14-24)23(26)25-15-12-18(2)29-21-9-5-4-8-20(21)25/h4-5,8-11,16,18H,3,6-7,12-15H2,1-2H3/t18-/m0/s1. The van der Waals surface area contributed by atoms with E-state index in [9.17, 15) is 13.2 Å². The number of piperidine rings is 1. The molecule has 1 saturated heterocycles. The van der Waals surface area contributed by atoms with E-state index in [2.05, 4.69) is 6.92 Å². The van der Waals surface area contributed by atoms with E-state index in [1.54, 1.807) is 46.1 Å². The Morgan fingerprint density at radius 2 is 1.77 bits per heavy atom. The average molecular weight is 445 g/mol. The lowest BCUT2D eigenvalue weighted by molar-refractivity contribution is 0.0986. The molecule has 30 heavy (non-hydrogen) atoms. The second-order valence-electron chi connectivity index (χ2n) is 8.09. The van der Waals surface area contributed by atoms with Gasteiger partial charge in [0, 0.05) is 35.3 Å². The van der Waals surface area contributed by atoms with Crippen molar-refractivity contribution in [2.45, 2.75) is 54.6 Å². The first kappa shape index (κ1) is 21.4. The van der Waals surface area contributed by atoms with Crippen molar-refractivity contribution in [2.24, 2.45) is 0 Å². The van der Waals surface area contributed by atoms with E-state index in [4.69, 9.17) is 0 Å². The third-order valence-electron chi connectivity index (χ3n) is 5.86. The van der Waals surface area contributed by atoms with Crippen LogP contribution in [-0.4, -0.2) is 43.5 Å². The topological polar surface area (TPSA) is 57.7 Å². The normalized spacial score (nSPS) is 20.5. The molecule has 2 aliphatic rings. The van der Waals surface area contributed by atoms with Crippen LogP contribution in [0.5, 0.6) is 0 Å². The molecule has 0 spiro atoms. The summed E-state index contributed by atoms with van der Waals surface area (Å²) in [6.07, 6.45) is 3.72. The van der Waals surface area contributed by atoms with Gasteiger partial charge in [0.05, 0.1) is 10.6 Å². The molecular formula is C23H28N2O3S2. The van der Waals surface area contributed by atoms with E-state index >= 15 is 0 Å². The van der Waals surface area contributed by atoms with Crippen LogP contribution in [-0.2, 0) is 10.0 Å². The molecule has 0 aliphatic carbocycles. The molecule has 0 N–H and O–H groups in total. The van der Waals surface area contributed by atoms with Gasteiger partial charge in [0.1, 0.15) is 0 Å². The second-order valence-corrected chi connectivity index (χ2v) is 11.5. The number of nitrogens with zero attached hydrogens (tertiary/aromatic N) is 2. The number of rotatable bonds is 3. The zero-order chi connectivity index (χ0) is 21.3. The maximum absolute atomic E-state index is 13.5. The first-order valence-electron chi connectivity index (χ1n) is 10.6. The van der Waals surface area contributed by atoms with E-state index in [0.717, 1.165) is 36.3 Å². The summed E-state index contributed by atoms with van der Waals surface area (Å²) in [5.74, 6) is -0.146. The summed E-state index contributed by atoms with van der Waals surface area (Å²) in [4.78, 5) is 16.6. The Bertz CT molecular complexity index is 1050. The first-order valence-corrected chi connectivity index (χ1v) is 12.9. The van der Waals surface area contributed by atoms with Crippen molar-refractivity contribution >= 4 is 33.4 Å². The van der Waals surface area contributed by atoms with Crippen LogP contribution < -0.4 is 4.90 Å². The quantitative estimate of drug-likeness (QED) is 0.689. The molecule has 0 bridgehead atoms. The van der Waals surface area contributed by atoms with Crippen LogP contribution in [0.1, 0.15) is 48.5 Å². The number of anilines is 1. The fourth-order valence-corrected chi connectivity index (χ4v) is 6.99. The smallest absolute Gasteiger partial charge is 0.258 e. The minimum absolute atomic E-state index is 0.146. The Labute approximate surface area is 183 Å². The minimum atomic E-state index is -3.60. The summed E-state index contributed by atoms with van der Waals surface area (Å²) >= 11 is 1.78. The Hall–Kier alpha value is -1.83. The van der Waals surface area contributed by atoms with Gasteiger partial charge in [0.15, 0.2) is 0 Å². The minimum Gasteiger partial charge on any atom is -0.307 e. The summed E-state index contributed by atoms with van der Waals surface area (Å²) in [6, 6.07) is 13.0. The fourth-order valence-electron chi connectivity index (χ4n) is 4.11. The van der Waals surface area contributed by atoms with Crippen LogP contribution >= 0.6 is 11.8 Å². The predicted molar refractivity (Wildman–Crippen MR) is 122 cm³/mol. The highest BCUT2D eigenvalue weighted by Crippen LogP contribution is 2.38. The van der Waals surface area contributed by atoms with Crippen molar-refractivity contribution in [1.29, 1.82) is 0 Å². The molecule has 2 aliphatic heterocycles. The molecule has 1 atom stereocenters. The van der Waals surface area contributed by atoms with Crippen molar-refractivity contribution in [3.63, 3.8) is 0 Å². The SMILES string of the molecule is Cc1ccc(C(=O)N2CC[C@H](C)Sc3ccccc32)cc1S(=O)(=O)N1CCCCC1. The number of sulfonamides is 1. The van der Waals surface area contributed by atoms with E-state index in [1.165, 1.54) is 0 Å². The van der Waals surface area contributed by atoms with E-state index in [0.29, 0.717) is 36.0 Å². The van der Waals surface area contributed by atoms with Crippen LogP contribution in [0, 0.1) is 6.92 Å². The van der Waals surface area contributed by atoms with Gasteiger partial charge in [-0.05, 0) is 56.0 Å². The molecule has 2 aromatic carbocycles. The Morgan fingerprint density at radius 3 is 2.53 bits per heavy atom. The van der Waals surface area contributed by atoms with Gasteiger partial charge in [-0.15, -0.1) is 11.8 Å². The Morgan fingerprint density at radius 1 is 1.03 bits per heavy atom. The summed E-state index contributed by atoms with van der Waals surface area (Å²) in [6.45, 7) is 5.68. The summed E-state index contributed by atoms with van der Waals surface area (Å²) < 4.78 is 28.1. The largest absolute Gasteiger partial charge is 0.307 e. The average Bonchev–Trinajstić information content (AvgIpc) is 2.92. The molecule has 1 amide bonds. The number of thioether (sulfide) groups is 1. The van der Waals surface area contributed by atoms with E-state index < -0.39 is 10.0 Å². The Kier molecular flexibility index (Phi) is 6.23. The van der Waals surface area contributed by atoms with Crippen molar-refractivity contribution in [3.8, 4) is 0 Å². The summed E-state index contributed by atoms with van der Waals surface area (Å²) in [5, 5.41) is 0.414. The molecule has 4 rings (SSSR count). The van der Waals surface area contributed by atoms with Gasteiger partial charge in [-0.25, -0.2) is 8.42 Å². The number of aryl methyl sites for hydroxylation is 1. The van der Waals surface area contributed by atoms with Crippen molar-refractivity contribution in [1.82, 2.24) is 4.31 Å². The molecule has 0 unspecified atom stereocenters. The van der Waals surface area contributed by atoms with Crippen molar-refractivity contribution < 1.29 is 13.2 Å². The predicted octanol–water partition coefficient (Wildman–Crippen LogP) is 4.70. The number of fused-ring (bicyclic) bond motifs is 1. The first-order chi connectivity index (χ1) is 14.4. The molecule has 0 radical (unpaired) electrons. The maximum atomic E-state index is 13.5. The molecule has 2 heterocycles. The fraction of sp³-hybridized carbons (Fsp3) is 0.435.